The molecule has 0 bridgehead atoms. The van der Waals surface area contributed by atoms with Crippen LogP contribution in [0.15, 0.2) is 29.5 Å². The van der Waals surface area contributed by atoms with Gasteiger partial charge in [-0.3, -0.25) is 0 Å². The molecule has 0 aromatic heterocycles. The number of nitrogens with one attached hydrogen (secondary N) is 2. The first-order valence-electron chi connectivity index (χ1n) is 6.73. The minimum Gasteiger partial charge on any atom is -0.459 e. The van der Waals surface area contributed by atoms with Crippen LogP contribution >= 0.6 is 35.4 Å². The number of carbonyl (C=O) groups is 1. The fraction of sp³-hybridized carbons (Fsp3) is 0.333. The molecule has 0 radical (unpaired) electrons. The molecule has 2 N–H and O–H groups in total. The van der Waals surface area contributed by atoms with E-state index in [1.165, 1.54) is 0 Å². The smallest absolute Gasteiger partial charge is 0.338 e. The van der Waals surface area contributed by atoms with Gasteiger partial charge in [-0.25, -0.2) is 4.79 Å². The van der Waals surface area contributed by atoms with E-state index in [1.807, 2.05) is 0 Å². The van der Waals surface area contributed by atoms with E-state index in [2.05, 4.69) is 10.6 Å². The second-order valence-corrected chi connectivity index (χ2v) is 6.42. The van der Waals surface area contributed by atoms with Crippen LogP contribution in [0.25, 0.3) is 0 Å². The molecule has 0 amide bonds. The van der Waals surface area contributed by atoms with E-state index in [0.29, 0.717) is 26.4 Å². The maximum Gasteiger partial charge on any atom is 0.338 e. The van der Waals surface area contributed by atoms with Crippen LogP contribution in [0.5, 0.6) is 0 Å². The van der Waals surface area contributed by atoms with E-state index >= 15 is 0 Å². The molecule has 2 rings (SSSR count). The Bertz CT molecular complexity index is 659. The number of ether oxygens (including phenoxy) is 1. The van der Waals surface area contributed by atoms with E-state index in [1.54, 1.807) is 39.0 Å². The van der Waals surface area contributed by atoms with E-state index in [0.717, 1.165) is 5.56 Å². The van der Waals surface area contributed by atoms with Crippen LogP contribution in [0.2, 0.25) is 10.0 Å². The van der Waals surface area contributed by atoms with Gasteiger partial charge in [-0.1, -0.05) is 29.3 Å². The number of halogens is 2. The molecule has 0 fully saturated rings. The Morgan fingerprint density at radius 3 is 2.59 bits per heavy atom. The fourth-order valence-corrected chi connectivity index (χ4v) is 2.76. The van der Waals surface area contributed by atoms with E-state index in [9.17, 15) is 4.79 Å². The molecular weight excluding hydrogens is 343 g/mol. The summed E-state index contributed by atoms with van der Waals surface area (Å²) >= 11 is 17.2. The highest BCUT2D eigenvalue weighted by Gasteiger charge is 2.31. The Hall–Kier alpha value is -1.30. The molecular formula is C15H16Cl2N2O2S. The van der Waals surface area contributed by atoms with E-state index < -0.39 is 12.0 Å². The molecule has 22 heavy (non-hydrogen) atoms. The van der Waals surface area contributed by atoms with Crippen LogP contribution in [0.4, 0.5) is 0 Å². The fourth-order valence-electron chi connectivity index (χ4n) is 2.18. The van der Waals surface area contributed by atoms with Crippen molar-refractivity contribution in [2.75, 3.05) is 0 Å². The van der Waals surface area contributed by atoms with Crippen molar-refractivity contribution in [2.45, 2.75) is 32.9 Å². The highest BCUT2D eigenvalue weighted by molar-refractivity contribution is 7.80. The van der Waals surface area contributed by atoms with Gasteiger partial charge in [0.15, 0.2) is 5.11 Å². The number of esters is 1. The monoisotopic (exact) mass is 358 g/mol. The molecule has 1 atom stereocenters. The third-order valence-corrected chi connectivity index (χ3v) is 4.07. The van der Waals surface area contributed by atoms with Crippen LogP contribution < -0.4 is 10.6 Å². The molecule has 0 spiro atoms. The molecule has 0 saturated heterocycles. The number of hydrogen-bond donors (Lipinski definition) is 2. The Labute approximate surface area is 144 Å². The van der Waals surface area contributed by atoms with Gasteiger partial charge in [-0.2, -0.15) is 0 Å². The van der Waals surface area contributed by atoms with Crippen molar-refractivity contribution in [3.63, 3.8) is 0 Å². The highest BCUT2D eigenvalue weighted by Crippen LogP contribution is 2.32. The third-order valence-electron chi connectivity index (χ3n) is 3.11. The number of allylic oxidation sites excluding steroid dienone is 1. The molecule has 0 unspecified atom stereocenters. The zero-order valence-corrected chi connectivity index (χ0v) is 14.7. The summed E-state index contributed by atoms with van der Waals surface area (Å²) in [6.45, 7) is 5.39. The molecule has 0 saturated carbocycles. The van der Waals surface area contributed by atoms with Crippen molar-refractivity contribution >= 4 is 46.5 Å². The largest absolute Gasteiger partial charge is 0.459 e. The summed E-state index contributed by atoms with van der Waals surface area (Å²) < 4.78 is 5.32. The summed E-state index contributed by atoms with van der Waals surface area (Å²) in [4.78, 5) is 12.4. The van der Waals surface area contributed by atoms with Crippen LogP contribution in [0.3, 0.4) is 0 Å². The summed E-state index contributed by atoms with van der Waals surface area (Å²) in [5, 5.41) is 7.33. The van der Waals surface area contributed by atoms with Gasteiger partial charge in [0.2, 0.25) is 0 Å². The molecule has 1 aliphatic heterocycles. The first kappa shape index (κ1) is 17.1. The van der Waals surface area contributed by atoms with Crippen molar-refractivity contribution in [3.05, 3.63) is 45.1 Å². The third kappa shape index (κ3) is 3.72. The van der Waals surface area contributed by atoms with Gasteiger partial charge < -0.3 is 15.4 Å². The predicted molar refractivity (Wildman–Crippen MR) is 92.0 cm³/mol. The molecule has 1 heterocycles. The lowest BCUT2D eigenvalue weighted by Gasteiger charge is -2.30. The first-order valence-corrected chi connectivity index (χ1v) is 7.90. The average Bonchev–Trinajstić information content (AvgIpc) is 2.39. The maximum absolute atomic E-state index is 12.4. The lowest BCUT2D eigenvalue weighted by Crippen LogP contribution is -2.45. The number of hydrogen-bond acceptors (Lipinski definition) is 3. The van der Waals surface area contributed by atoms with Crippen LogP contribution in [-0.2, 0) is 9.53 Å². The van der Waals surface area contributed by atoms with Crippen LogP contribution in [0, 0.1) is 0 Å². The van der Waals surface area contributed by atoms with Gasteiger partial charge >= 0.3 is 5.97 Å². The Kier molecular flexibility index (Phi) is 5.32. The zero-order chi connectivity index (χ0) is 16.4. The predicted octanol–water partition coefficient (Wildman–Crippen LogP) is 3.74. The molecule has 4 nitrogen and oxygen atoms in total. The lowest BCUT2D eigenvalue weighted by molar-refractivity contribution is -0.143. The van der Waals surface area contributed by atoms with Gasteiger partial charge in [-0.05, 0) is 50.7 Å². The molecule has 7 heteroatoms. The molecule has 1 aliphatic rings. The molecule has 1 aromatic carbocycles. The van der Waals surface area contributed by atoms with Gasteiger partial charge in [0.25, 0.3) is 0 Å². The highest BCUT2D eigenvalue weighted by atomic mass is 35.5. The van der Waals surface area contributed by atoms with Crippen molar-refractivity contribution in [2.24, 2.45) is 0 Å². The lowest BCUT2D eigenvalue weighted by atomic mass is 9.95. The van der Waals surface area contributed by atoms with E-state index in [-0.39, 0.29) is 6.10 Å². The average molecular weight is 359 g/mol. The second kappa shape index (κ2) is 6.86. The van der Waals surface area contributed by atoms with Gasteiger partial charge in [-0.15, -0.1) is 0 Å². The Morgan fingerprint density at radius 1 is 1.32 bits per heavy atom. The molecule has 118 valence electrons. The minimum absolute atomic E-state index is 0.212. The van der Waals surface area contributed by atoms with Crippen molar-refractivity contribution in [1.29, 1.82) is 0 Å². The molecule has 0 aliphatic carbocycles. The number of thiocarbonyl (C=S) groups is 1. The first-order chi connectivity index (χ1) is 10.3. The second-order valence-electron chi connectivity index (χ2n) is 5.20. The summed E-state index contributed by atoms with van der Waals surface area (Å²) in [5.41, 5.74) is 1.92. The maximum atomic E-state index is 12.4. The SMILES string of the molecule is CC1=C(C(=O)OC(C)C)[C@@H](c2ccc(Cl)c(Cl)c2)NC(=S)N1. The standard InChI is InChI=1S/C15H16Cl2N2O2S/c1-7(2)21-14(20)12-8(3)18-15(22)19-13(12)9-4-5-10(16)11(17)6-9/h4-7,13H,1-3H3,(H2,18,19,22)/t13-/m1/s1. The quantitative estimate of drug-likeness (QED) is 0.636. The Balaban J connectivity index is 2.45. The van der Waals surface area contributed by atoms with Crippen LogP contribution in [-0.4, -0.2) is 17.2 Å². The van der Waals surface area contributed by atoms with Crippen LogP contribution in [0.1, 0.15) is 32.4 Å². The number of benzene rings is 1. The number of rotatable bonds is 3. The van der Waals surface area contributed by atoms with Crippen molar-refractivity contribution in [3.8, 4) is 0 Å². The minimum atomic E-state index is -0.435. The Morgan fingerprint density at radius 2 is 2.00 bits per heavy atom. The molecule has 1 aromatic rings. The summed E-state index contributed by atoms with van der Waals surface area (Å²) in [7, 11) is 0. The zero-order valence-electron chi connectivity index (χ0n) is 12.4. The van der Waals surface area contributed by atoms with Gasteiger partial charge in [0, 0.05) is 5.70 Å². The van der Waals surface area contributed by atoms with Crippen molar-refractivity contribution in [1.82, 2.24) is 10.6 Å². The van der Waals surface area contributed by atoms with Crippen molar-refractivity contribution < 1.29 is 9.53 Å². The normalized spacial score (nSPS) is 18.1. The van der Waals surface area contributed by atoms with E-state index in [4.69, 9.17) is 40.2 Å². The van der Waals surface area contributed by atoms with Gasteiger partial charge in [0.05, 0.1) is 27.8 Å². The number of carbonyl (C=O) groups excluding carboxylic acids is 1. The summed E-state index contributed by atoms with van der Waals surface area (Å²) in [6, 6.07) is 4.77. The summed E-state index contributed by atoms with van der Waals surface area (Å²) in [6.07, 6.45) is -0.212. The topological polar surface area (TPSA) is 50.4 Å². The summed E-state index contributed by atoms with van der Waals surface area (Å²) in [5.74, 6) is -0.397. The van der Waals surface area contributed by atoms with Gasteiger partial charge in [0.1, 0.15) is 0 Å².